The van der Waals surface area contributed by atoms with E-state index in [1.165, 1.54) is 19.2 Å². The smallest absolute Gasteiger partial charge is 0.387 e. The number of hydrogen-bond acceptors (Lipinski definition) is 4. The highest BCUT2D eigenvalue weighted by molar-refractivity contribution is 7.80. The van der Waals surface area contributed by atoms with Gasteiger partial charge in [-0.25, -0.2) is 0 Å². The molecule has 1 atom stereocenters. The molecule has 3 N–H and O–H groups in total. The summed E-state index contributed by atoms with van der Waals surface area (Å²) in [4.78, 5) is 13.0. The van der Waals surface area contributed by atoms with E-state index in [1.54, 1.807) is 37.3 Å². The second kappa shape index (κ2) is 9.27. The zero-order valence-electron chi connectivity index (χ0n) is 16.0. The number of rotatable bonds is 6. The lowest BCUT2D eigenvalue weighted by molar-refractivity contribution is -0.113. The van der Waals surface area contributed by atoms with Crippen molar-refractivity contribution < 1.29 is 23.0 Å². The Morgan fingerprint density at radius 2 is 1.90 bits per heavy atom. The van der Waals surface area contributed by atoms with Crippen LogP contribution in [0.3, 0.4) is 0 Å². The van der Waals surface area contributed by atoms with Gasteiger partial charge in [-0.3, -0.25) is 4.79 Å². The van der Waals surface area contributed by atoms with Gasteiger partial charge in [0.05, 0.1) is 18.7 Å². The third-order valence-corrected chi connectivity index (χ3v) is 4.82. The molecule has 30 heavy (non-hydrogen) atoms. The fraction of sp³-hybridized carbons (Fsp3) is 0.200. The van der Waals surface area contributed by atoms with Gasteiger partial charge in [0.15, 0.2) is 16.6 Å². The number of carbonyl (C=O) groups excluding carboxylic acids is 1. The van der Waals surface area contributed by atoms with Crippen molar-refractivity contribution in [2.24, 2.45) is 0 Å². The summed E-state index contributed by atoms with van der Waals surface area (Å²) in [5.74, 6) is -0.371. The maximum atomic E-state index is 13.0. The maximum absolute atomic E-state index is 13.0. The number of amides is 1. The Morgan fingerprint density at radius 1 is 1.20 bits per heavy atom. The van der Waals surface area contributed by atoms with Crippen molar-refractivity contribution in [2.45, 2.75) is 19.6 Å². The topological polar surface area (TPSA) is 71.6 Å². The number of nitrogens with one attached hydrogen (secondary N) is 3. The zero-order valence-corrected chi connectivity index (χ0v) is 17.5. The number of halogens is 3. The molecule has 0 bridgehead atoms. The third kappa shape index (κ3) is 4.98. The molecule has 1 aliphatic heterocycles. The van der Waals surface area contributed by atoms with E-state index in [4.69, 9.17) is 28.6 Å². The normalized spacial score (nSPS) is 16.1. The minimum atomic E-state index is -2.99. The van der Waals surface area contributed by atoms with Crippen molar-refractivity contribution >= 4 is 40.5 Å². The van der Waals surface area contributed by atoms with Crippen LogP contribution in [0.2, 0.25) is 5.02 Å². The van der Waals surface area contributed by atoms with Crippen LogP contribution in [0.15, 0.2) is 53.7 Å². The summed E-state index contributed by atoms with van der Waals surface area (Å²) in [7, 11) is 1.34. The predicted molar refractivity (Wildman–Crippen MR) is 114 cm³/mol. The molecule has 0 radical (unpaired) electrons. The minimum absolute atomic E-state index is 0.106. The summed E-state index contributed by atoms with van der Waals surface area (Å²) < 4.78 is 34.9. The van der Waals surface area contributed by atoms with Crippen molar-refractivity contribution in [2.75, 3.05) is 12.4 Å². The lowest BCUT2D eigenvalue weighted by Crippen LogP contribution is -2.45. The molecule has 2 aromatic carbocycles. The average Bonchev–Trinajstić information content (AvgIpc) is 2.69. The number of thiocarbonyl (C=S) groups is 1. The Labute approximate surface area is 182 Å². The number of anilines is 1. The Bertz CT molecular complexity index is 999. The van der Waals surface area contributed by atoms with Gasteiger partial charge in [0.25, 0.3) is 5.91 Å². The molecule has 0 spiro atoms. The zero-order chi connectivity index (χ0) is 21.8. The summed E-state index contributed by atoms with van der Waals surface area (Å²) in [5.41, 5.74) is 2.08. The molecule has 1 heterocycles. The van der Waals surface area contributed by atoms with Crippen LogP contribution in [-0.2, 0) is 4.79 Å². The molecule has 10 heteroatoms. The Hall–Kier alpha value is -2.91. The highest BCUT2D eigenvalue weighted by Gasteiger charge is 2.30. The van der Waals surface area contributed by atoms with E-state index < -0.39 is 12.7 Å². The quantitative estimate of drug-likeness (QED) is 0.564. The Kier molecular flexibility index (Phi) is 6.73. The SMILES string of the molecule is COc1cc(C2NC(=S)NC(C)=C2C(=O)Nc2ccc(Cl)cc2)ccc1OC(F)F. The first-order valence-electron chi connectivity index (χ1n) is 8.76. The van der Waals surface area contributed by atoms with Crippen molar-refractivity contribution in [1.82, 2.24) is 10.6 Å². The first-order valence-corrected chi connectivity index (χ1v) is 9.55. The molecule has 0 aromatic heterocycles. The van der Waals surface area contributed by atoms with E-state index in [0.717, 1.165) is 0 Å². The number of allylic oxidation sites excluding steroid dienone is 1. The molecule has 1 aliphatic rings. The summed E-state index contributed by atoms with van der Waals surface area (Å²) in [6.45, 7) is -1.26. The molecule has 0 saturated carbocycles. The van der Waals surface area contributed by atoms with Gasteiger partial charge in [-0.2, -0.15) is 8.78 Å². The van der Waals surface area contributed by atoms with Crippen molar-refractivity contribution in [3.63, 3.8) is 0 Å². The van der Waals surface area contributed by atoms with E-state index in [0.29, 0.717) is 32.7 Å². The second-order valence-corrected chi connectivity index (χ2v) is 7.16. The fourth-order valence-corrected chi connectivity index (χ4v) is 3.43. The molecule has 6 nitrogen and oxygen atoms in total. The van der Waals surface area contributed by atoms with Crippen LogP contribution < -0.4 is 25.4 Å². The molecule has 2 aromatic rings. The third-order valence-electron chi connectivity index (χ3n) is 4.35. The number of alkyl halides is 2. The van der Waals surface area contributed by atoms with Crippen molar-refractivity contribution in [3.05, 3.63) is 64.3 Å². The first kappa shape index (κ1) is 21.8. The van der Waals surface area contributed by atoms with Crippen molar-refractivity contribution in [1.29, 1.82) is 0 Å². The molecule has 3 rings (SSSR count). The Morgan fingerprint density at radius 3 is 2.53 bits per heavy atom. The lowest BCUT2D eigenvalue weighted by atomic mass is 9.94. The number of methoxy groups -OCH3 is 1. The summed E-state index contributed by atoms with van der Waals surface area (Å²) in [5, 5.41) is 9.66. The monoisotopic (exact) mass is 453 g/mol. The van der Waals surface area contributed by atoms with Gasteiger partial charge in [-0.05, 0) is 61.1 Å². The predicted octanol–water partition coefficient (Wildman–Crippen LogP) is 4.38. The van der Waals surface area contributed by atoms with Crippen LogP contribution in [0.1, 0.15) is 18.5 Å². The van der Waals surface area contributed by atoms with Crippen LogP contribution >= 0.6 is 23.8 Å². The molecule has 1 unspecified atom stereocenters. The first-order chi connectivity index (χ1) is 14.3. The molecule has 0 fully saturated rings. The molecular weight excluding hydrogens is 436 g/mol. The number of benzene rings is 2. The number of ether oxygens (including phenoxy) is 2. The van der Waals surface area contributed by atoms with Gasteiger partial charge in [0.2, 0.25) is 0 Å². The van der Waals surface area contributed by atoms with Crippen LogP contribution in [0, 0.1) is 0 Å². The van der Waals surface area contributed by atoms with Gasteiger partial charge in [-0.15, -0.1) is 0 Å². The van der Waals surface area contributed by atoms with E-state index in [9.17, 15) is 13.6 Å². The number of carbonyl (C=O) groups is 1. The summed E-state index contributed by atoms with van der Waals surface area (Å²) >= 11 is 11.1. The number of hydrogen-bond donors (Lipinski definition) is 3. The van der Waals surface area contributed by atoms with Crippen LogP contribution in [0.25, 0.3) is 0 Å². The van der Waals surface area contributed by atoms with Crippen LogP contribution in [0.5, 0.6) is 11.5 Å². The van der Waals surface area contributed by atoms with Crippen molar-refractivity contribution in [3.8, 4) is 11.5 Å². The Balaban J connectivity index is 1.95. The highest BCUT2D eigenvalue weighted by atomic mass is 35.5. The fourth-order valence-electron chi connectivity index (χ4n) is 3.03. The maximum Gasteiger partial charge on any atom is 0.387 e. The van der Waals surface area contributed by atoms with E-state index in [1.807, 2.05) is 0 Å². The second-order valence-electron chi connectivity index (χ2n) is 6.32. The lowest BCUT2D eigenvalue weighted by Gasteiger charge is -2.30. The highest BCUT2D eigenvalue weighted by Crippen LogP contribution is 2.35. The standard InChI is InChI=1S/C20H18ClF2N3O3S/c1-10-16(18(27)25-13-6-4-12(21)5-7-13)17(26-20(30)24-10)11-3-8-14(29-19(22)23)15(9-11)28-2/h3-9,17,19H,1-2H3,(H,25,27)(H2,24,26,30). The summed E-state index contributed by atoms with van der Waals surface area (Å²) in [6.07, 6.45) is 0. The average molecular weight is 454 g/mol. The van der Waals surface area contributed by atoms with Crippen LogP contribution in [0.4, 0.5) is 14.5 Å². The largest absolute Gasteiger partial charge is 0.493 e. The molecule has 0 saturated heterocycles. The van der Waals surface area contributed by atoms with E-state index in [-0.39, 0.29) is 17.4 Å². The van der Waals surface area contributed by atoms with Gasteiger partial charge in [0.1, 0.15) is 0 Å². The van der Waals surface area contributed by atoms with E-state index >= 15 is 0 Å². The van der Waals surface area contributed by atoms with Gasteiger partial charge < -0.3 is 25.4 Å². The molecular formula is C20H18ClF2N3O3S. The molecule has 158 valence electrons. The van der Waals surface area contributed by atoms with Crippen LogP contribution in [-0.4, -0.2) is 24.7 Å². The summed E-state index contributed by atoms with van der Waals surface area (Å²) in [6, 6.07) is 10.5. The van der Waals surface area contributed by atoms with Gasteiger partial charge in [0, 0.05) is 16.4 Å². The van der Waals surface area contributed by atoms with E-state index in [2.05, 4.69) is 20.7 Å². The molecule has 0 aliphatic carbocycles. The van der Waals surface area contributed by atoms with Gasteiger partial charge >= 0.3 is 6.61 Å². The minimum Gasteiger partial charge on any atom is -0.493 e. The molecule has 1 amide bonds. The van der Waals surface area contributed by atoms with Gasteiger partial charge in [-0.1, -0.05) is 17.7 Å².